The van der Waals surface area contributed by atoms with Gasteiger partial charge in [-0.1, -0.05) is 30.3 Å². The third kappa shape index (κ3) is 3.09. The van der Waals surface area contributed by atoms with Gasteiger partial charge < -0.3 is 14.8 Å². The first kappa shape index (κ1) is 17.3. The summed E-state index contributed by atoms with van der Waals surface area (Å²) < 4.78 is 11.1. The summed E-state index contributed by atoms with van der Waals surface area (Å²) in [6.07, 6.45) is 0. The molecule has 3 rings (SSSR count). The maximum Gasteiger partial charge on any atom is 0.133 e. The number of nitrogens with one attached hydrogen (secondary N) is 1. The monoisotopic (exact) mass is 338 g/mol. The number of hydrogen-bond donors (Lipinski definition) is 1. The molecule has 0 aromatic heterocycles. The van der Waals surface area contributed by atoms with Crippen molar-refractivity contribution >= 4 is 11.4 Å². The maximum absolute atomic E-state index is 5.67. The lowest BCUT2D eigenvalue weighted by Gasteiger charge is -2.29. The molecule has 0 bridgehead atoms. The second-order valence-corrected chi connectivity index (χ2v) is 7.50. The Hall–Kier alpha value is -2.49. The van der Waals surface area contributed by atoms with Gasteiger partial charge in [-0.25, -0.2) is 0 Å². The standard InChI is InChI=1S/C21H26N2O2/c1-20(2,3)23-19-18-16(12-15(24-5)13-17(18)25-6)22-21(19,4)14-10-8-7-9-11-14/h7-13,22H,1-6H3. The Labute approximate surface area is 149 Å². The molecule has 0 amide bonds. The molecule has 0 fully saturated rings. The summed E-state index contributed by atoms with van der Waals surface area (Å²) in [5.41, 5.74) is 3.49. The van der Waals surface area contributed by atoms with Crippen LogP contribution in [0.3, 0.4) is 0 Å². The second-order valence-electron chi connectivity index (χ2n) is 7.50. The summed E-state index contributed by atoms with van der Waals surface area (Å²) in [7, 11) is 3.35. The molecule has 2 aromatic carbocycles. The van der Waals surface area contributed by atoms with Crippen molar-refractivity contribution in [2.75, 3.05) is 19.5 Å². The summed E-state index contributed by atoms with van der Waals surface area (Å²) in [5, 5.41) is 3.66. The van der Waals surface area contributed by atoms with Gasteiger partial charge >= 0.3 is 0 Å². The lowest BCUT2D eigenvalue weighted by Crippen LogP contribution is -2.37. The lowest BCUT2D eigenvalue weighted by atomic mass is 9.86. The third-order valence-electron chi connectivity index (χ3n) is 4.42. The highest BCUT2D eigenvalue weighted by Gasteiger charge is 2.43. The van der Waals surface area contributed by atoms with Gasteiger partial charge in [-0.2, -0.15) is 0 Å². The van der Waals surface area contributed by atoms with E-state index in [1.165, 1.54) is 0 Å². The quantitative estimate of drug-likeness (QED) is 0.887. The van der Waals surface area contributed by atoms with Crippen LogP contribution in [-0.2, 0) is 5.54 Å². The molecule has 1 heterocycles. The first-order valence-corrected chi connectivity index (χ1v) is 8.49. The van der Waals surface area contributed by atoms with Crippen LogP contribution in [-0.4, -0.2) is 25.5 Å². The predicted octanol–water partition coefficient (Wildman–Crippen LogP) is 4.63. The van der Waals surface area contributed by atoms with E-state index < -0.39 is 5.54 Å². The average Bonchev–Trinajstić information content (AvgIpc) is 2.86. The fourth-order valence-electron chi connectivity index (χ4n) is 3.27. The van der Waals surface area contributed by atoms with E-state index in [2.05, 4.69) is 57.3 Å². The highest BCUT2D eigenvalue weighted by Crippen LogP contribution is 2.46. The van der Waals surface area contributed by atoms with Crippen molar-refractivity contribution in [1.29, 1.82) is 0 Å². The van der Waals surface area contributed by atoms with Crippen LogP contribution in [0.2, 0.25) is 0 Å². The molecule has 1 N–H and O–H groups in total. The Morgan fingerprint density at radius 2 is 1.68 bits per heavy atom. The van der Waals surface area contributed by atoms with Gasteiger partial charge in [0.05, 0.1) is 36.7 Å². The number of nitrogens with zero attached hydrogens (tertiary/aromatic N) is 1. The molecule has 1 aliphatic heterocycles. The number of ether oxygens (including phenoxy) is 2. The number of benzene rings is 2. The molecule has 1 atom stereocenters. The van der Waals surface area contributed by atoms with E-state index in [0.29, 0.717) is 0 Å². The number of fused-ring (bicyclic) bond motifs is 1. The third-order valence-corrected chi connectivity index (χ3v) is 4.42. The van der Waals surface area contributed by atoms with Crippen molar-refractivity contribution < 1.29 is 9.47 Å². The van der Waals surface area contributed by atoms with Crippen LogP contribution in [0.15, 0.2) is 47.5 Å². The van der Waals surface area contributed by atoms with Crippen molar-refractivity contribution in [2.24, 2.45) is 4.99 Å². The van der Waals surface area contributed by atoms with Gasteiger partial charge in [0.25, 0.3) is 0 Å². The topological polar surface area (TPSA) is 42.9 Å². The van der Waals surface area contributed by atoms with Crippen molar-refractivity contribution in [3.63, 3.8) is 0 Å². The minimum atomic E-state index is -0.434. The highest BCUT2D eigenvalue weighted by molar-refractivity contribution is 6.18. The minimum Gasteiger partial charge on any atom is -0.497 e. The molecule has 0 saturated heterocycles. The average molecular weight is 338 g/mol. The van der Waals surface area contributed by atoms with E-state index in [-0.39, 0.29) is 5.54 Å². The SMILES string of the molecule is COc1cc2c(c(OC)c1)C(=NC(C)(C)C)C(C)(c1ccccc1)N2. The summed E-state index contributed by atoms with van der Waals surface area (Å²) in [4.78, 5) is 5.08. The molecular weight excluding hydrogens is 312 g/mol. The summed E-state index contributed by atoms with van der Waals surface area (Å²) in [5.74, 6) is 1.53. The van der Waals surface area contributed by atoms with E-state index in [1.54, 1.807) is 14.2 Å². The molecule has 1 aliphatic rings. The van der Waals surface area contributed by atoms with Gasteiger partial charge in [-0.3, -0.25) is 4.99 Å². The zero-order chi connectivity index (χ0) is 18.2. The predicted molar refractivity (Wildman–Crippen MR) is 103 cm³/mol. The zero-order valence-corrected chi connectivity index (χ0v) is 15.8. The summed E-state index contributed by atoms with van der Waals surface area (Å²) >= 11 is 0. The van der Waals surface area contributed by atoms with Crippen molar-refractivity contribution in [3.05, 3.63) is 53.6 Å². The maximum atomic E-state index is 5.67. The van der Waals surface area contributed by atoms with Gasteiger partial charge in [0.15, 0.2) is 0 Å². The van der Waals surface area contributed by atoms with Gasteiger partial charge in [0.1, 0.15) is 17.0 Å². The zero-order valence-electron chi connectivity index (χ0n) is 15.8. The molecule has 25 heavy (non-hydrogen) atoms. The lowest BCUT2D eigenvalue weighted by molar-refractivity contribution is 0.394. The van der Waals surface area contributed by atoms with Crippen LogP contribution in [0, 0.1) is 0 Å². The Morgan fingerprint density at radius 3 is 2.24 bits per heavy atom. The number of methoxy groups -OCH3 is 2. The van der Waals surface area contributed by atoms with E-state index in [1.807, 2.05) is 18.2 Å². The summed E-state index contributed by atoms with van der Waals surface area (Å²) in [6.45, 7) is 8.50. The molecule has 0 spiro atoms. The fraction of sp³-hybridized carbons (Fsp3) is 0.381. The van der Waals surface area contributed by atoms with Gasteiger partial charge in [0, 0.05) is 12.1 Å². The first-order chi connectivity index (χ1) is 11.8. The van der Waals surface area contributed by atoms with Gasteiger partial charge in [-0.05, 0) is 33.3 Å². The van der Waals surface area contributed by atoms with Gasteiger partial charge in [-0.15, -0.1) is 0 Å². The Kier molecular flexibility index (Phi) is 4.23. The molecular formula is C21H26N2O2. The van der Waals surface area contributed by atoms with Crippen LogP contribution in [0.1, 0.15) is 38.8 Å². The number of anilines is 1. The van der Waals surface area contributed by atoms with Crippen LogP contribution >= 0.6 is 0 Å². The van der Waals surface area contributed by atoms with Crippen molar-refractivity contribution in [1.82, 2.24) is 0 Å². The largest absolute Gasteiger partial charge is 0.497 e. The molecule has 2 aromatic rings. The highest BCUT2D eigenvalue weighted by atomic mass is 16.5. The van der Waals surface area contributed by atoms with Crippen LogP contribution in [0.4, 0.5) is 5.69 Å². The van der Waals surface area contributed by atoms with E-state index in [4.69, 9.17) is 14.5 Å². The first-order valence-electron chi connectivity index (χ1n) is 8.49. The van der Waals surface area contributed by atoms with Crippen molar-refractivity contribution in [3.8, 4) is 11.5 Å². The summed E-state index contributed by atoms with van der Waals surface area (Å²) in [6, 6.07) is 14.3. The molecule has 0 radical (unpaired) electrons. The molecule has 0 aliphatic carbocycles. The Morgan fingerprint density at radius 1 is 1.00 bits per heavy atom. The second kappa shape index (κ2) is 6.10. The van der Waals surface area contributed by atoms with E-state index in [9.17, 15) is 0 Å². The van der Waals surface area contributed by atoms with Crippen LogP contribution in [0.5, 0.6) is 11.5 Å². The smallest absolute Gasteiger partial charge is 0.133 e. The van der Waals surface area contributed by atoms with Gasteiger partial charge in [0.2, 0.25) is 0 Å². The molecule has 4 nitrogen and oxygen atoms in total. The Bertz CT molecular complexity index is 807. The van der Waals surface area contributed by atoms with Crippen molar-refractivity contribution in [2.45, 2.75) is 38.8 Å². The molecule has 0 saturated carbocycles. The molecule has 1 unspecified atom stereocenters. The fourth-order valence-corrected chi connectivity index (χ4v) is 3.27. The van der Waals surface area contributed by atoms with E-state index >= 15 is 0 Å². The molecule has 4 heteroatoms. The van der Waals surface area contributed by atoms with Crippen LogP contribution in [0.25, 0.3) is 0 Å². The normalized spacial score (nSPS) is 21.0. The van der Waals surface area contributed by atoms with E-state index in [0.717, 1.165) is 34.0 Å². The Balaban J connectivity index is 2.28. The van der Waals surface area contributed by atoms with Crippen LogP contribution < -0.4 is 14.8 Å². The minimum absolute atomic E-state index is 0.209. The number of hydrogen-bond acceptors (Lipinski definition) is 4. The number of rotatable bonds is 3. The molecule has 132 valence electrons. The number of aliphatic imine (C=N–C) groups is 1.